The van der Waals surface area contributed by atoms with E-state index in [2.05, 4.69) is 50.0 Å². The number of unbranched alkanes of at least 4 members (excludes halogenated alkanes) is 3. The molecule has 0 aliphatic heterocycles. The molecule has 1 unspecified atom stereocenters. The van der Waals surface area contributed by atoms with E-state index in [0.717, 1.165) is 45.1 Å². The summed E-state index contributed by atoms with van der Waals surface area (Å²) < 4.78 is 0. The van der Waals surface area contributed by atoms with Crippen LogP contribution in [0.25, 0.3) is 0 Å². The Bertz CT molecular complexity index is 604. The van der Waals surface area contributed by atoms with E-state index >= 15 is 0 Å². The van der Waals surface area contributed by atoms with Gasteiger partial charge < -0.3 is 10.4 Å². The van der Waals surface area contributed by atoms with Crippen molar-refractivity contribution in [1.29, 1.82) is 0 Å². The number of rotatable bonds is 8. The van der Waals surface area contributed by atoms with Gasteiger partial charge in [-0.1, -0.05) is 54.3 Å². The zero-order valence-electron chi connectivity index (χ0n) is 16.7. The summed E-state index contributed by atoms with van der Waals surface area (Å²) in [6.07, 6.45) is 8.32. The molecule has 0 saturated heterocycles. The first-order valence-electron chi connectivity index (χ1n) is 9.77. The van der Waals surface area contributed by atoms with Gasteiger partial charge in [-0.2, -0.15) is 0 Å². The van der Waals surface area contributed by atoms with Crippen LogP contribution in [-0.4, -0.2) is 17.6 Å². The Morgan fingerprint density at radius 1 is 1.19 bits per heavy atom. The summed E-state index contributed by atoms with van der Waals surface area (Å²) in [5.74, 6) is -0.686. The molecule has 1 atom stereocenters. The lowest BCUT2D eigenvalue weighted by Gasteiger charge is -2.22. The quantitative estimate of drug-likeness (QED) is 0.455. The Morgan fingerprint density at radius 3 is 2.54 bits per heavy atom. The van der Waals surface area contributed by atoms with E-state index in [4.69, 9.17) is 5.11 Å². The summed E-state index contributed by atoms with van der Waals surface area (Å²) in [5, 5.41) is 12.4. The van der Waals surface area contributed by atoms with Crippen LogP contribution < -0.4 is 5.32 Å². The summed E-state index contributed by atoms with van der Waals surface area (Å²) in [6.45, 7) is 10.7. The maximum Gasteiger partial charge on any atom is 0.303 e. The third kappa shape index (κ3) is 7.57. The standard InChI is InChI=1S/C20H29NO2.C3H6/c1-15-12-13-17-9-6-7-10-18(17)20(16(15)2)21-14-8-4-3-5-11-19(22)23;1-3-2/h6-7,9-10,20-21H,3-5,8,11-14H2,1-2H3,(H,22,23);3H,1H2,2H3. The van der Waals surface area contributed by atoms with Crippen LogP contribution in [0.3, 0.4) is 0 Å². The van der Waals surface area contributed by atoms with Crippen molar-refractivity contribution in [2.24, 2.45) is 0 Å². The average Bonchev–Trinajstić information content (AvgIpc) is 2.73. The van der Waals surface area contributed by atoms with Crippen molar-refractivity contribution in [2.45, 2.75) is 71.8 Å². The van der Waals surface area contributed by atoms with Crippen molar-refractivity contribution in [3.05, 3.63) is 59.2 Å². The first-order valence-corrected chi connectivity index (χ1v) is 9.77. The second-order valence-electron chi connectivity index (χ2n) is 7.02. The zero-order valence-corrected chi connectivity index (χ0v) is 16.7. The van der Waals surface area contributed by atoms with Gasteiger partial charge in [0, 0.05) is 6.42 Å². The number of carboxylic acid groups (broad SMARTS) is 1. The molecule has 3 nitrogen and oxygen atoms in total. The van der Waals surface area contributed by atoms with Gasteiger partial charge in [0.2, 0.25) is 0 Å². The molecule has 1 aromatic rings. The molecule has 1 aliphatic carbocycles. The number of fused-ring (bicyclic) bond motifs is 1. The highest BCUT2D eigenvalue weighted by molar-refractivity contribution is 5.66. The largest absolute Gasteiger partial charge is 0.481 e. The van der Waals surface area contributed by atoms with Crippen molar-refractivity contribution >= 4 is 5.97 Å². The molecule has 144 valence electrons. The predicted octanol–water partition coefficient (Wildman–Crippen LogP) is 5.83. The molecule has 1 aliphatic rings. The number of aliphatic carboxylic acids is 1. The Kier molecular flexibility index (Phi) is 10.6. The minimum absolute atomic E-state index is 0.296. The minimum Gasteiger partial charge on any atom is -0.481 e. The molecular weight excluding hydrogens is 322 g/mol. The van der Waals surface area contributed by atoms with Gasteiger partial charge in [0.15, 0.2) is 0 Å². The molecule has 2 rings (SSSR count). The number of aryl methyl sites for hydroxylation is 1. The molecule has 1 aromatic carbocycles. The zero-order chi connectivity index (χ0) is 19.4. The number of carbonyl (C=O) groups is 1. The first kappa shape index (κ1) is 22.2. The summed E-state index contributed by atoms with van der Waals surface area (Å²) in [7, 11) is 0. The fourth-order valence-electron chi connectivity index (χ4n) is 3.31. The molecule has 3 heteroatoms. The van der Waals surface area contributed by atoms with Gasteiger partial charge in [-0.3, -0.25) is 4.79 Å². The lowest BCUT2D eigenvalue weighted by molar-refractivity contribution is -0.137. The van der Waals surface area contributed by atoms with Gasteiger partial charge in [-0.05, 0) is 64.1 Å². The molecule has 0 radical (unpaired) electrons. The van der Waals surface area contributed by atoms with Gasteiger partial charge in [0.25, 0.3) is 0 Å². The van der Waals surface area contributed by atoms with Gasteiger partial charge >= 0.3 is 5.97 Å². The fourth-order valence-corrected chi connectivity index (χ4v) is 3.31. The van der Waals surface area contributed by atoms with Crippen molar-refractivity contribution in [2.75, 3.05) is 6.54 Å². The minimum atomic E-state index is -0.686. The Hall–Kier alpha value is -1.87. The van der Waals surface area contributed by atoms with Crippen molar-refractivity contribution < 1.29 is 9.90 Å². The number of allylic oxidation sites excluding steroid dienone is 2. The normalized spacial score (nSPS) is 16.2. The van der Waals surface area contributed by atoms with E-state index in [1.54, 1.807) is 6.08 Å². The van der Waals surface area contributed by atoms with Crippen LogP contribution in [0, 0.1) is 0 Å². The highest BCUT2D eigenvalue weighted by Gasteiger charge is 2.20. The highest BCUT2D eigenvalue weighted by Crippen LogP contribution is 2.32. The van der Waals surface area contributed by atoms with E-state index in [0.29, 0.717) is 12.5 Å². The monoisotopic (exact) mass is 357 g/mol. The summed E-state index contributed by atoms with van der Waals surface area (Å²) in [5.41, 5.74) is 5.84. The topological polar surface area (TPSA) is 49.3 Å². The summed E-state index contributed by atoms with van der Waals surface area (Å²) in [4.78, 5) is 10.5. The number of benzene rings is 1. The van der Waals surface area contributed by atoms with Crippen LogP contribution in [0.4, 0.5) is 0 Å². The second kappa shape index (κ2) is 12.5. The lowest BCUT2D eigenvalue weighted by atomic mass is 9.95. The van der Waals surface area contributed by atoms with Gasteiger partial charge in [-0.25, -0.2) is 0 Å². The predicted molar refractivity (Wildman–Crippen MR) is 110 cm³/mol. The molecule has 0 amide bonds. The Labute approximate surface area is 159 Å². The molecule has 0 saturated carbocycles. The number of hydrogen-bond donors (Lipinski definition) is 2. The molecule has 2 N–H and O–H groups in total. The molecule has 0 bridgehead atoms. The number of hydrogen-bond acceptors (Lipinski definition) is 2. The Morgan fingerprint density at radius 2 is 1.85 bits per heavy atom. The molecule has 0 fully saturated rings. The average molecular weight is 358 g/mol. The van der Waals surface area contributed by atoms with Crippen LogP contribution >= 0.6 is 0 Å². The van der Waals surface area contributed by atoms with Crippen molar-refractivity contribution in [3.8, 4) is 0 Å². The van der Waals surface area contributed by atoms with Crippen LogP contribution in [0.1, 0.15) is 76.5 Å². The van der Waals surface area contributed by atoms with Gasteiger partial charge in [0.1, 0.15) is 0 Å². The molecule has 0 heterocycles. The third-order valence-electron chi connectivity index (χ3n) is 4.91. The van der Waals surface area contributed by atoms with Crippen molar-refractivity contribution in [1.82, 2.24) is 5.32 Å². The van der Waals surface area contributed by atoms with E-state index in [-0.39, 0.29) is 0 Å². The van der Waals surface area contributed by atoms with Gasteiger partial charge in [0.05, 0.1) is 6.04 Å². The molecule has 0 aromatic heterocycles. The third-order valence-corrected chi connectivity index (χ3v) is 4.91. The van der Waals surface area contributed by atoms with Crippen LogP contribution in [0.15, 0.2) is 48.1 Å². The molecular formula is C23H35NO2. The summed E-state index contributed by atoms with van der Waals surface area (Å²) >= 11 is 0. The SMILES string of the molecule is C=CC.CC1=C(C)C(NCCCCCCC(=O)O)c2ccccc2CC1. The van der Waals surface area contributed by atoms with E-state index in [1.807, 2.05) is 6.92 Å². The maximum atomic E-state index is 10.5. The number of nitrogens with one attached hydrogen (secondary N) is 1. The van der Waals surface area contributed by atoms with Crippen LogP contribution in [0.5, 0.6) is 0 Å². The maximum absolute atomic E-state index is 10.5. The fraction of sp³-hybridized carbons (Fsp3) is 0.522. The first-order chi connectivity index (χ1) is 12.5. The second-order valence-corrected chi connectivity index (χ2v) is 7.02. The smallest absolute Gasteiger partial charge is 0.303 e. The highest BCUT2D eigenvalue weighted by atomic mass is 16.4. The molecule has 0 spiro atoms. The van der Waals surface area contributed by atoms with Gasteiger partial charge in [-0.15, -0.1) is 6.58 Å². The molecule has 26 heavy (non-hydrogen) atoms. The van der Waals surface area contributed by atoms with E-state index < -0.39 is 5.97 Å². The van der Waals surface area contributed by atoms with Crippen LogP contribution in [-0.2, 0) is 11.2 Å². The summed E-state index contributed by atoms with van der Waals surface area (Å²) in [6, 6.07) is 9.10. The van der Waals surface area contributed by atoms with E-state index in [9.17, 15) is 4.79 Å². The van der Waals surface area contributed by atoms with Crippen LogP contribution in [0.2, 0.25) is 0 Å². The van der Waals surface area contributed by atoms with E-state index in [1.165, 1.54) is 22.3 Å². The lowest BCUT2D eigenvalue weighted by Crippen LogP contribution is -2.24. The number of carboxylic acids is 1. The van der Waals surface area contributed by atoms with Crippen molar-refractivity contribution in [3.63, 3.8) is 0 Å². The Balaban J connectivity index is 0.00000105.